The second-order valence-corrected chi connectivity index (χ2v) is 8.58. The lowest BCUT2D eigenvalue weighted by Crippen LogP contribution is -2.43. The molecule has 32 heavy (non-hydrogen) atoms. The van der Waals surface area contributed by atoms with Crippen LogP contribution in [0.25, 0.3) is 16.0 Å². The summed E-state index contributed by atoms with van der Waals surface area (Å²) in [5.41, 5.74) is 5.76. The number of nitrogens with one attached hydrogen (secondary N) is 2. The van der Waals surface area contributed by atoms with Gasteiger partial charge < -0.3 is 10.6 Å². The van der Waals surface area contributed by atoms with E-state index in [4.69, 9.17) is 6.57 Å². The molecule has 0 saturated carbocycles. The Morgan fingerprint density at radius 2 is 1.78 bits per heavy atom. The number of carbonyl (C=O) groups excluding carboxylic acids is 1. The van der Waals surface area contributed by atoms with Crippen molar-refractivity contribution in [2.24, 2.45) is 0 Å². The summed E-state index contributed by atoms with van der Waals surface area (Å²) in [6.45, 7) is 10.7. The predicted octanol–water partition coefficient (Wildman–Crippen LogP) is 4.38. The van der Waals surface area contributed by atoms with Crippen LogP contribution in [0.4, 0.5) is 5.69 Å². The summed E-state index contributed by atoms with van der Waals surface area (Å²) in [6.07, 6.45) is 1.25. The van der Waals surface area contributed by atoms with Crippen LogP contribution in [0.1, 0.15) is 27.9 Å². The van der Waals surface area contributed by atoms with Crippen molar-refractivity contribution in [3.8, 4) is 11.1 Å². The zero-order chi connectivity index (χ0) is 21.9. The van der Waals surface area contributed by atoms with E-state index >= 15 is 0 Å². The molecule has 1 amide bonds. The Labute approximate surface area is 188 Å². The molecule has 0 spiro atoms. The summed E-state index contributed by atoms with van der Waals surface area (Å²) in [5, 5.41) is 6.61. The highest BCUT2D eigenvalue weighted by Crippen LogP contribution is 2.31. The number of fused-ring (bicyclic) bond motifs is 2. The fraction of sp³-hybridized carbons (Fsp3) is 0.259. The van der Waals surface area contributed by atoms with E-state index in [2.05, 4.69) is 62.8 Å². The molecule has 0 aromatic heterocycles. The highest BCUT2D eigenvalue weighted by Gasteiger charge is 2.37. The first-order valence-corrected chi connectivity index (χ1v) is 11.1. The second kappa shape index (κ2) is 8.96. The summed E-state index contributed by atoms with van der Waals surface area (Å²) in [5.74, 6) is -0.167. The second-order valence-electron chi connectivity index (χ2n) is 8.58. The predicted molar refractivity (Wildman–Crippen MR) is 126 cm³/mol. The molecule has 3 aromatic carbocycles. The number of rotatable bonds is 6. The number of nitrogens with zero attached hydrogens (tertiary/aromatic N) is 2. The maximum atomic E-state index is 12.7. The molecule has 2 heterocycles. The number of amides is 1. The highest BCUT2D eigenvalue weighted by molar-refractivity contribution is 5.95. The molecule has 2 fully saturated rings. The van der Waals surface area contributed by atoms with Gasteiger partial charge in [0.1, 0.15) is 0 Å². The Bertz CT molecular complexity index is 1180. The zero-order valence-electron chi connectivity index (χ0n) is 17.9. The fourth-order valence-electron chi connectivity index (χ4n) is 4.91. The average Bonchev–Trinajstić information content (AvgIpc) is 3.47. The van der Waals surface area contributed by atoms with E-state index in [1.54, 1.807) is 24.3 Å². The van der Waals surface area contributed by atoms with Gasteiger partial charge in [-0.3, -0.25) is 9.69 Å². The van der Waals surface area contributed by atoms with Crippen LogP contribution in [-0.4, -0.2) is 36.0 Å². The summed E-state index contributed by atoms with van der Waals surface area (Å²) < 4.78 is 0. The Morgan fingerprint density at radius 3 is 2.50 bits per heavy atom. The normalized spacial score (nSPS) is 19.6. The molecule has 0 aliphatic carbocycles. The fourth-order valence-corrected chi connectivity index (χ4v) is 4.91. The number of hydrogen-bond donors (Lipinski definition) is 2. The zero-order valence-corrected chi connectivity index (χ0v) is 17.9. The minimum Gasteiger partial charge on any atom is -0.348 e. The summed E-state index contributed by atoms with van der Waals surface area (Å²) >= 11 is 0. The van der Waals surface area contributed by atoms with Crippen molar-refractivity contribution in [1.29, 1.82) is 0 Å². The minimum absolute atomic E-state index is 0.167. The molecule has 3 aromatic rings. The van der Waals surface area contributed by atoms with E-state index in [1.165, 1.54) is 17.5 Å². The Kier molecular flexibility index (Phi) is 5.72. The lowest BCUT2D eigenvalue weighted by molar-refractivity contribution is 0.0951. The largest absolute Gasteiger partial charge is 0.348 e. The molecular weight excluding hydrogens is 396 g/mol. The number of hydrogen-bond acceptors (Lipinski definition) is 3. The van der Waals surface area contributed by atoms with E-state index < -0.39 is 0 Å². The number of carbonyl (C=O) groups is 1. The van der Waals surface area contributed by atoms with Crippen LogP contribution < -0.4 is 10.6 Å². The third-order valence-electron chi connectivity index (χ3n) is 6.55. The molecule has 0 unspecified atom stereocenters. The first-order valence-electron chi connectivity index (χ1n) is 11.1. The third kappa shape index (κ3) is 4.16. The van der Waals surface area contributed by atoms with Crippen molar-refractivity contribution in [2.45, 2.75) is 31.6 Å². The molecule has 5 heteroatoms. The molecule has 2 saturated heterocycles. The van der Waals surface area contributed by atoms with Gasteiger partial charge in [0.2, 0.25) is 5.91 Å². The van der Waals surface area contributed by atoms with Gasteiger partial charge in [-0.25, -0.2) is 4.85 Å². The molecule has 5 rings (SSSR count). The van der Waals surface area contributed by atoms with Crippen LogP contribution in [0.2, 0.25) is 0 Å². The standard InChI is InChI=1S/C27H26N4O/c1-28-22-10-6-9-19(13-22)27(32)30-15-20-7-2-4-11-25(20)26-12-5-3-8-21(26)17-31-18-23-14-24(31)16-29-23/h2-13,23-24,29H,14-18H2,(H,30,32)/t23-,24-/m0/s1. The average molecular weight is 423 g/mol. The van der Waals surface area contributed by atoms with E-state index in [-0.39, 0.29) is 5.91 Å². The smallest absolute Gasteiger partial charge is 0.250 e. The maximum Gasteiger partial charge on any atom is 0.250 e. The van der Waals surface area contributed by atoms with Gasteiger partial charge in [-0.1, -0.05) is 66.7 Å². The monoisotopic (exact) mass is 422 g/mol. The van der Waals surface area contributed by atoms with Crippen molar-refractivity contribution >= 4 is 11.6 Å². The Balaban J connectivity index is 1.36. The van der Waals surface area contributed by atoms with Gasteiger partial charge in [0, 0.05) is 43.8 Å². The van der Waals surface area contributed by atoms with Crippen LogP contribution in [0.5, 0.6) is 0 Å². The van der Waals surface area contributed by atoms with Gasteiger partial charge in [-0.2, -0.15) is 0 Å². The van der Waals surface area contributed by atoms with Gasteiger partial charge in [-0.15, -0.1) is 0 Å². The topological polar surface area (TPSA) is 48.7 Å². The molecule has 160 valence electrons. The summed E-state index contributed by atoms with van der Waals surface area (Å²) in [6, 6.07) is 25.0. The van der Waals surface area contributed by atoms with E-state index in [0.717, 1.165) is 30.8 Å². The van der Waals surface area contributed by atoms with Crippen molar-refractivity contribution in [2.75, 3.05) is 13.1 Å². The molecule has 2 bridgehead atoms. The Hall–Kier alpha value is -3.46. The van der Waals surface area contributed by atoms with Crippen LogP contribution in [0.15, 0.2) is 72.8 Å². The molecule has 0 radical (unpaired) electrons. The van der Waals surface area contributed by atoms with Crippen LogP contribution >= 0.6 is 0 Å². The van der Waals surface area contributed by atoms with Gasteiger partial charge in [0.15, 0.2) is 5.69 Å². The van der Waals surface area contributed by atoms with Gasteiger partial charge >= 0.3 is 0 Å². The lowest BCUT2D eigenvalue weighted by atomic mass is 9.94. The first-order chi connectivity index (χ1) is 15.7. The summed E-state index contributed by atoms with van der Waals surface area (Å²) in [7, 11) is 0. The Morgan fingerprint density at radius 1 is 1.03 bits per heavy atom. The van der Waals surface area contributed by atoms with Crippen molar-refractivity contribution in [3.63, 3.8) is 0 Å². The van der Waals surface area contributed by atoms with Crippen molar-refractivity contribution < 1.29 is 4.79 Å². The maximum absolute atomic E-state index is 12.7. The van der Waals surface area contributed by atoms with Crippen LogP contribution in [-0.2, 0) is 13.1 Å². The van der Waals surface area contributed by atoms with E-state index in [0.29, 0.717) is 29.9 Å². The molecule has 2 aliphatic heterocycles. The third-order valence-corrected chi connectivity index (χ3v) is 6.55. The molecule has 2 aliphatic rings. The highest BCUT2D eigenvalue weighted by atomic mass is 16.1. The minimum atomic E-state index is -0.167. The molecule has 2 atom stereocenters. The van der Waals surface area contributed by atoms with Gasteiger partial charge in [0.25, 0.3) is 0 Å². The van der Waals surface area contributed by atoms with Gasteiger partial charge in [-0.05, 0) is 34.7 Å². The quantitative estimate of drug-likeness (QED) is 0.580. The number of likely N-dealkylation sites (tertiary alicyclic amines) is 1. The van der Waals surface area contributed by atoms with E-state index in [1.807, 2.05) is 6.07 Å². The van der Waals surface area contributed by atoms with Crippen molar-refractivity contribution in [1.82, 2.24) is 15.5 Å². The molecule has 5 nitrogen and oxygen atoms in total. The van der Waals surface area contributed by atoms with Crippen LogP contribution in [0, 0.1) is 6.57 Å². The molecule has 2 N–H and O–H groups in total. The number of benzene rings is 3. The first kappa shape index (κ1) is 20.4. The lowest BCUT2D eigenvalue weighted by Gasteiger charge is -2.28. The van der Waals surface area contributed by atoms with Crippen LogP contribution in [0.3, 0.4) is 0 Å². The molecular formula is C27H26N4O. The summed E-state index contributed by atoms with van der Waals surface area (Å²) in [4.78, 5) is 18.7. The van der Waals surface area contributed by atoms with Crippen molar-refractivity contribution in [3.05, 3.63) is 101 Å². The van der Waals surface area contributed by atoms with Gasteiger partial charge in [0.05, 0.1) is 6.57 Å². The SMILES string of the molecule is [C-]#[N+]c1cccc(C(=O)NCc2ccccc2-c2ccccc2CN2C[C@@H]3C[C@H]2CN3)c1. The number of piperazine rings is 1. The van der Waals surface area contributed by atoms with E-state index in [9.17, 15) is 4.79 Å².